The Bertz CT molecular complexity index is 384. The predicted octanol–water partition coefficient (Wildman–Crippen LogP) is 0.345. The number of unbranched alkanes of at least 4 members (excludes halogenated alkanes) is 1. The fourth-order valence-electron chi connectivity index (χ4n) is 2.17. The lowest BCUT2D eigenvalue weighted by Gasteiger charge is -2.18. The second-order valence-electron chi connectivity index (χ2n) is 6.14. The van der Waals surface area contributed by atoms with E-state index in [1.807, 2.05) is 13.8 Å². The average molecular weight is 377 g/mol. The molecule has 0 spiro atoms. The first-order valence-corrected chi connectivity index (χ1v) is 9.11. The van der Waals surface area contributed by atoms with Gasteiger partial charge in [-0.15, -0.1) is 0 Å². The van der Waals surface area contributed by atoms with Gasteiger partial charge in [-0.3, -0.25) is 10.2 Å². The van der Waals surface area contributed by atoms with E-state index in [1.54, 1.807) is 0 Å². The van der Waals surface area contributed by atoms with Crippen molar-refractivity contribution in [2.75, 3.05) is 39.6 Å². The highest BCUT2D eigenvalue weighted by Crippen LogP contribution is 2.04. The second-order valence-corrected chi connectivity index (χ2v) is 6.14. The first-order chi connectivity index (χ1) is 12.4. The Morgan fingerprint density at radius 2 is 1.96 bits per heavy atom. The fraction of sp³-hybridized carbons (Fsp3) is 0.882. The Morgan fingerprint density at radius 1 is 1.23 bits per heavy atom. The summed E-state index contributed by atoms with van der Waals surface area (Å²) in [5.74, 6) is -0.855. The number of ether oxygens (including phenoxy) is 3. The highest BCUT2D eigenvalue weighted by molar-refractivity contribution is 5.76. The molecule has 9 heteroatoms. The van der Waals surface area contributed by atoms with Crippen molar-refractivity contribution < 1.29 is 29.2 Å². The van der Waals surface area contributed by atoms with Crippen molar-refractivity contribution in [2.45, 2.75) is 57.8 Å². The third-order valence-electron chi connectivity index (χ3n) is 3.58. The molecule has 0 aromatic rings. The molecule has 0 amide bonds. The number of amidine groups is 1. The molecule has 0 bridgehead atoms. The average Bonchev–Trinajstić information content (AvgIpc) is 2.58. The zero-order chi connectivity index (χ0) is 19.8. The van der Waals surface area contributed by atoms with Gasteiger partial charge in [0.1, 0.15) is 6.04 Å². The summed E-state index contributed by atoms with van der Waals surface area (Å²) in [6.45, 7) is 6.01. The van der Waals surface area contributed by atoms with Crippen LogP contribution >= 0.6 is 0 Å². The molecule has 3 atom stereocenters. The lowest BCUT2D eigenvalue weighted by atomic mass is 10.1. The van der Waals surface area contributed by atoms with E-state index >= 15 is 0 Å². The molecule has 0 fully saturated rings. The van der Waals surface area contributed by atoms with Crippen molar-refractivity contribution in [1.29, 1.82) is 5.41 Å². The lowest BCUT2D eigenvalue weighted by molar-refractivity contribution is -0.139. The number of aliphatic carboxylic acids is 1. The van der Waals surface area contributed by atoms with Gasteiger partial charge in [-0.05, 0) is 26.7 Å². The number of hydrogen-bond acceptors (Lipinski definition) is 7. The van der Waals surface area contributed by atoms with Crippen molar-refractivity contribution in [1.82, 2.24) is 5.32 Å². The van der Waals surface area contributed by atoms with E-state index in [1.165, 1.54) is 0 Å². The molecule has 26 heavy (non-hydrogen) atoms. The maximum absolute atomic E-state index is 11.2. The van der Waals surface area contributed by atoms with Gasteiger partial charge in [0, 0.05) is 19.6 Å². The van der Waals surface area contributed by atoms with E-state index in [0.717, 1.165) is 0 Å². The van der Waals surface area contributed by atoms with Crippen LogP contribution in [0, 0.1) is 5.41 Å². The summed E-state index contributed by atoms with van der Waals surface area (Å²) in [6.07, 6.45) is 1.40. The SMILES string of the molecule is CCOCC(C)OCCOCC(O)CNC(CCCCC(=N)N)C(=O)O. The van der Waals surface area contributed by atoms with Crippen LogP contribution in [0.1, 0.15) is 39.5 Å². The zero-order valence-electron chi connectivity index (χ0n) is 15.9. The molecule has 0 saturated heterocycles. The molecular formula is C17H35N3O6. The summed E-state index contributed by atoms with van der Waals surface area (Å²) in [5, 5.41) is 29.0. The van der Waals surface area contributed by atoms with Crippen molar-refractivity contribution >= 4 is 11.8 Å². The van der Waals surface area contributed by atoms with Crippen molar-refractivity contribution in [3.05, 3.63) is 0 Å². The summed E-state index contributed by atoms with van der Waals surface area (Å²) >= 11 is 0. The predicted molar refractivity (Wildman–Crippen MR) is 98.5 cm³/mol. The smallest absolute Gasteiger partial charge is 0.320 e. The summed E-state index contributed by atoms with van der Waals surface area (Å²) in [4.78, 5) is 11.2. The van der Waals surface area contributed by atoms with Gasteiger partial charge >= 0.3 is 5.97 Å². The molecule has 0 aromatic heterocycles. The largest absolute Gasteiger partial charge is 0.480 e. The molecule has 0 aliphatic carbocycles. The third-order valence-corrected chi connectivity index (χ3v) is 3.58. The minimum atomic E-state index is -0.961. The molecule has 0 heterocycles. The maximum atomic E-state index is 11.2. The van der Waals surface area contributed by atoms with Gasteiger partial charge in [0.25, 0.3) is 0 Å². The van der Waals surface area contributed by atoms with Gasteiger partial charge < -0.3 is 35.5 Å². The van der Waals surface area contributed by atoms with E-state index in [0.29, 0.717) is 52.1 Å². The molecule has 0 rings (SSSR count). The number of nitrogens with one attached hydrogen (secondary N) is 2. The lowest BCUT2D eigenvalue weighted by Crippen LogP contribution is -2.42. The first-order valence-electron chi connectivity index (χ1n) is 9.11. The molecule has 154 valence electrons. The van der Waals surface area contributed by atoms with E-state index in [9.17, 15) is 15.0 Å². The topological polar surface area (TPSA) is 147 Å². The van der Waals surface area contributed by atoms with Crippen LogP contribution in [0.5, 0.6) is 0 Å². The number of carbonyl (C=O) groups is 1. The Labute approximate surface area is 155 Å². The summed E-state index contributed by atoms with van der Waals surface area (Å²) in [7, 11) is 0. The van der Waals surface area contributed by atoms with Gasteiger partial charge in [0.2, 0.25) is 0 Å². The summed E-state index contributed by atoms with van der Waals surface area (Å²) < 4.78 is 16.0. The monoisotopic (exact) mass is 377 g/mol. The highest BCUT2D eigenvalue weighted by Gasteiger charge is 2.17. The number of nitrogens with two attached hydrogens (primary N) is 1. The van der Waals surface area contributed by atoms with E-state index in [2.05, 4.69) is 5.32 Å². The molecule has 0 aliphatic rings. The zero-order valence-corrected chi connectivity index (χ0v) is 15.9. The van der Waals surface area contributed by atoms with Crippen molar-refractivity contribution in [2.24, 2.45) is 5.73 Å². The van der Waals surface area contributed by atoms with Crippen LogP contribution in [-0.2, 0) is 19.0 Å². The van der Waals surface area contributed by atoms with Crippen molar-refractivity contribution in [3.63, 3.8) is 0 Å². The van der Waals surface area contributed by atoms with Crippen LogP contribution in [0.2, 0.25) is 0 Å². The molecule has 0 aliphatic heterocycles. The number of carboxylic acid groups (broad SMARTS) is 1. The minimum Gasteiger partial charge on any atom is -0.480 e. The Balaban J connectivity index is 3.77. The molecule has 6 N–H and O–H groups in total. The number of rotatable bonds is 18. The second kappa shape index (κ2) is 16.0. The Hall–Kier alpha value is -1.26. The number of hydrogen-bond donors (Lipinski definition) is 5. The van der Waals surface area contributed by atoms with Crippen LogP contribution in [0.3, 0.4) is 0 Å². The molecule has 9 nitrogen and oxygen atoms in total. The fourth-order valence-corrected chi connectivity index (χ4v) is 2.17. The van der Waals surface area contributed by atoms with Crippen LogP contribution in [-0.4, -0.2) is 79.8 Å². The minimum absolute atomic E-state index is 0.00975. The Kier molecular flexibility index (Phi) is 15.2. The van der Waals surface area contributed by atoms with Crippen LogP contribution in [0.4, 0.5) is 0 Å². The summed E-state index contributed by atoms with van der Waals surface area (Å²) in [6, 6.07) is -0.737. The molecule has 0 aromatic carbocycles. The van der Waals surface area contributed by atoms with Gasteiger partial charge in [0.15, 0.2) is 0 Å². The normalized spacial score (nSPS) is 14.7. The highest BCUT2D eigenvalue weighted by atomic mass is 16.6. The van der Waals surface area contributed by atoms with E-state index in [4.69, 9.17) is 25.4 Å². The molecule has 0 saturated carbocycles. The van der Waals surface area contributed by atoms with E-state index in [-0.39, 0.29) is 25.1 Å². The van der Waals surface area contributed by atoms with Gasteiger partial charge in [-0.1, -0.05) is 6.42 Å². The summed E-state index contributed by atoms with van der Waals surface area (Å²) in [5.41, 5.74) is 5.26. The standard InChI is InChI=1S/C17H35N3O6/c1-3-24-11-13(2)26-9-8-25-12-14(21)10-20-15(17(22)23)6-4-5-7-16(18)19/h13-15,20-21H,3-12H2,1-2H3,(H3,18,19)(H,22,23). The van der Waals surface area contributed by atoms with Crippen LogP contribution < -0.4 is 11.1 Å². The molecule has 0 radical (unpaired) electrons. The number of carboxylic acids is 1. The maximum Gasteiger partial charge on any atom is 0.320 e. The quantitative estimate of drug-likeness (QED) is 0.131. The van der Waals surface area contributed by atoms with Crippen molar-refractivity contribution in [3.8, 4) is 0 Å². The molecular weight excluding hydrogens is 342 g/mol. The van der Waals surface area contributed by atoms with Crippen LogP contribution in [0.25, 0.3) is 0 Å². The third kappa shape index (κ3) is 15.0. The van der Waals surface area contributed by atoms with E-state index < -0.39 is 18.1 Å². The number of aliphatic hydroxyl groups excluding tert-OH is 1. The molecule has 3 unspecified atom stereocenters. The van der Waals surface area contributed by atoms with Gasteiger partial charge in [-0.2, -0.15) is 0 Å². The Morgan fingerprint density at radius 3 is 2.58 bits per heavy atom. The first kappa shape index (κ1) is 24.7. The number of aliphatic hydroxyl groups is 1. The van der Waals surface area contributed by atoms with Gasteiger partial charge in [0.05, 0.1) is 44.5 Å². The van der Waals surface area contributed by atoms with Crippen LogP contribution in [0.15, 0.2) is 0 Å². The van der Waals surface area contributed by atoms with Gasteiger partial charge in [-0.25, -0.2) is 0 Å².